The predicted molar refractivity (Wildman–Crippen MR) is 80.8 cm³/mol. The van der Waals surface area contributed by atoms with E-state index in [1.165, 1.54) is 0 Å². The Kier molecular flexibility index (Phi) is 5.95. The van der Waals surface area contributed by atoms with Gasteiger partial charge < -0.3 is 5.73 Å². The lowest BCUT2D eigenvalue weighted by Gasteiger charge is -2.27. The lowest BCUT2D eigenvalue weighted by atomic mass is 9.95. The van der Waals surface area contributed by atoms with Crippen molar-refractivity contribution in [3.63, 3.8) is 0 Å². The lowest BCUT2D eigenvalue weighted by molar-refractivity contribution is -0.385. The summed E-state index contributed by atoms with van der Waals surface area (Å²) in [7, 11) is -4.54. The van der Waals surface area contributed by atoms with E-state index in [-0.39, 0.29) is 12.6 Å². The molecule has 0 aromatic heterocycles. The third-order valence-electron chi connectivity index (χ3n) is 3.79. The van der Waals surface area contributed by atoms with Crippen LogP contribution < -0.4 is 10.5 Å². The molecule has 0 radical (unpaired) electrons. The molecule has 24 heavy (non-hydrogen) atoms. The Morgan fingerprint density at radius 3 is 2.21 bits per heavy atom. The number of hydrogen-bond acceptors (Lipinski definition) is 5. The number of nitro benzene ring substituents is 1. The number of sulfonamides is 1. The average Bonchev–Trinajstić information content (AvgIpc) is 2.51. The van der Waals surface area contributed by atoms with Crippen molar-refractivity contribution in [2.75, 3.05) is 6.54 Å². The molecule has 0 amide bonds. The highest BCUT2D eigenvalue weighted by Gasteiger charge is 2.39. The highest BCUT2D eigenvalue weighted by Crippen LogP contribution is 2.36. The van der Waals surface area contributed by atoms with Gasteiger partial charge in [0, 0.05) is 24.2 Å². The van der Waals surface area contributed by atoms with Crippen LogP contribution in [0.3, 0.4) is 0 Å². The standard InChI is InChI=1S/C13H18F3N3O4S/c1-3-12(17,4-2)8-18-24(22,23)11-6-5-9(19(20)21)7-10(11)13(14,15)16/h5-7,18H,3-4,8,17H2,1-2H3. The second-order valence-electron chi connectivity index (χ2n) is 5.33. The Morgan fingerprint density at radius 2 is 1.79 bits per heavy atom. The molecule has 3 N–H and O–H groups in total. The molecule has 0 heterocycles. The predicted octanol–water partition coefficient (Wildman–Crippen LogP) is 2.41. The van der Waals surface area contributed by atoms with Crippen molar-refractivity contribution in [2.45, 2.75) is 43.3 Å². The zero-order valence-electron chi connectivity index (χ0n) is 13.1. The molecule has 11 heteroatoms. The van der Waals surface area contributed by atoms with Crippen molar-refractivity contribution in [2.24, 2.45) is 5.73 Å². The number of nitrogens with two attached hydrogens (primary N) is 1. The molecule has 136 valence electrons. The molecule has 0 spiro atoms. The second-order valence-corrected chi connectivity index (χ2v) is 7.06. The number of hydrogen-bond donors (Lipinski definition) is 2. The van der Waals surface area contributed by atoms with E-state index in [9.17, 15) is 31.7 Å². The number of non-ortho nitro benzene ring substituents is 1. The van der Waals surface area contributed by atoms with Gasteiger partial charge in [-0.3, -0.25) is 10.1 Å². The van der Waals surface area contributed by atoms with Crippen molar-refractivity contribution in [1.82, 2.24) is 4.72 Å². The fraction of sp³-hybridized carbons (Fsp3) is 0.538. The van der Waals surface area contributed by atoms with Gasteiger partial charge in [0.15, 0.2) is 0 Å². The monoisotopic (exact) mass is 369 g/mol. The molecule has 1 aromatic carbocycles. The first-order chi connectivity index (χ1) is 10.9. The molecule has 0 saturated carbocycles. The van der Waals surface area contributed by atoms with Gasteiger partial charge in [-0.15, -0.1) is 0 Å². The maximum absolute atomic E-state index is 13.1. The van der Waals surface area contributed by atoms with Crippen molar-refractivity contribution in [1.29, 1.82) is 0 Å². The third-order valence-corrected chi connectivity index (χ3v) is 5.25. The molecule has 0 unspecified atom stereocenters. The van der Waals surface area contributed by atoms with Crippen LogP contribution in [0.4, 0.5) is 18.9 Å². The maximum Gasteiger partial charge on any atom is 0.417 e. The second kappa shape index (κ2) is 7.03. The van der Waals surface area contributed by atoms with Crippen LogP contribution in [-0.4, -0.2) is 25.4 Å². The summed E-state index contributed by atoms with van der Waals surface area (Å²) < 4.78 is 65.8. The normalized spacial score (nSPS) is 13.1. The molecule has 1 aromatic rings. The van der Waals surface area contributed by atoms with E-state index in [0.717, 1.165) is 0 Å². The van der Waals surface area contributed by atoms with Crippen molar-refractivity contribution in [3.8, 4) is 0 Å². The van der Waals surface area contributed by atoms with Gasteiger partial charge in [0.2, 0.25) is 10.0 Å². The molecule has 0 bridgehead atoms. The number of alkyl halides is 3. The van der Waals surface area contributed by atoms with E-state index in [1.807, 2.05) is 0 Å². The Morgan fingerprint density at radius 1 is 1.25 bits per heavy atom. The quantitative estimate of drug-likeness (QED) is 0.566. The van der Waals surface area contributed by atoms with E-state index in [2.05, 4.69) is 4.72 Å². The van der Waals surface area contributed by atoms with Gasteiger partial charge in [0.05, 0.1) is 15.4 Å². The summed E-state index contributed by atoms with van der Waals surface area (Å²) in [5, 5.41) is 10.6. The molecule has 7 nitrogen and oxygen atoms in total. The van der Waals surface area contributed by atoms with Crippen LogP contribution in [0, 0.1) is 10.1 Å². The van der Waals surface area contributed by atoms with Gasteiger partial charge in [-0.25, -0.2) is 13.1 Å². The lowest BCUT2D eigenvalue weighted by Crippen LogP contribution is -2.49. The molecule has 0 saturated heterocycles. The number of nitrogens with one attached hydrogen (secondary N) is 1. The van der Waals surface area contributed by atoms with Gasteiger partial charge in [-0.2, -0.15) is 13.2 Å². The van der Waals surface area contributed by atoms with E-state index >= 15 is 0 Å². The highest BCUT2D eigenvalue weighted by atomic mass is 32.2. The number of benzene rings is 1. The van der Waals surface area contributed by atoms with E-state index < -0.39 is 42.8 Å². The van der Waals surface area contributed by atoms with E-state index in [1.54, 1.807) is 13.8 Å². The first-order valence-corrected chi connectivity index (χ1v) is 8.49. The molecule has 0 aliphatic rings. The molecule has 0 aliphatic heterocycles. The molecular formula is C13H18F3N3O4S. The van der Waals surface area contributed by atoms with E-state index in [4.69, 9.17) is 5.73 Å². The van der Waals surface area contributed by atoms with E-state index in [0.29, 0.717) is 25.0 Å². The van der Waals surface area contributed by atoms with Gasteiger partial charge >= 0.3 is 6.18 Å². The minimum absolute atomic E-state index is 0.198. The van der Waals surface area contributed by atoms with Crippen molar-refractivity contribution >= 4 is 15.7 Å². The fourth-order valence-electron chi connectivity index (χ4n) is 1.90. The topological polar surface area (TPSA) is 115 Å². The molecular weight excluding hydrogens is 351 g/mol. The van der Waals surface area contributed by atoms with Crippen molar-refractivity contribution < 1.29 is 26.5 Å². The summed E-state index contributed by atoms with van der Waals surface area (Å²) in [6, 6.07) is 1.47. The van der Waals surface area contributed by atoms with Crippen LogP contribution in [0.25, 0.3) is 0 Å². The smallest absolute Gasteiger partial charge is 0.324 e. The van der Waals surface area contributed by atoms with Crippen LogP contribution in [0.5, 0.6) is 0 Å². The van der Waals surface area contributed by atoms with Gasteiger partial charge in [-0.1, -0.05) is 13.8 Å². The Bertz CT molecular complexity index is 716. The maximum atomic E-state index is 13.1. The fourth-order valence-corrected chi connectivity index (χ4v) is 3.25. The van der Waals surface area contributed by atoms with Crippen LogP contribution in [-0.2, 0) is 16.2 Å². The third kappa shape index (κ3) is 4.65. The first kappa shape index (κ1) is 20.3. The van der Waals surface area contributed by atoms with Gasteiger partial charge in [0.1, 0.15) is 0 Å². The summed E-state index contributed by atoms with van der Waals surface area (Å²) in [5.41, 5.74) is 2.59. The Hall–Kier alpha value is -1.72. The molecule has 1 rings (SSSR count). The number of rotatable bonds is 7. The number of nitro groups is 1. The zero-order chi connectivity index (χ0) is 18.8. The number of nitrogens with zero attached hydrogens (tertiary/aromatic N) is 1. The zero-order valence-corrected chi connectivity index (χ0v) is 13.9. The molecule has 0 atom stereocenters. The van der Waals surface area contributed by atoms with Crippen LogP contribution in [0.1, 0.15) is 32.3 Å². The SMILES string of the molecule is CCC(N)(CC)CNS(=O)(=O)c1ccc([N+](=O)[O-])cc1C(F)(F)F. The molecule has 0 aliphatic carbocycles. The van der Waals surface area contributed by atoms with Crippen molar-refractivity contribution in [3.05, 3.63) is 33.9 Å². The first-order valence-electron chi connectivity index (χ1n) is 7.00. The largest absolute Gasteiger partial charge is 0.417 e. The van der Waals surface area contributed by atoms with Crippen LogP contribution in [0.15, 0.2) is 23.1 Å². The summed E-state index contributed by atoms with van der Waals surface area (Å²) in [4.78, 5) is 8.53. The number of halogens is 3. The molecule has 0 fully saturated rings. The van der Waals surface area contributed by atoms with Crippen LogP contribution in [0.2, 0.25) is 0 Å². The Balaban J connectivity index is 3.31. The van der Waals surface area contributed by atoms with Crippen LogP contribution >= 0.6 is 0 Å². The highest BCUT2D eigenvalue weighted by molar-refractivity contribution is 7.89. The Labute approximate surface area is 137 Å². The summed E-state index contributed by atoms with van der Waals surface area (Å²) in [6.07, 6.45) is -4.23. The summed E-state index contributed by atoms with van der Waals surface area (Å²) in [6.45, 7) is 3.20. The average molecular weight is 369 g/mol. The van der Waals surface area contributed by atoms with Gasteiger partial charge in [0.25, 0.3) is 5.69 Å². The summed E-state index contributed by atoms with van der Waals surface area (Å²) in [5.74, 6) is 0. The van der Waals surface area contributed by atoms with Gasteiger partial charge in [-0.05, 0) is 18.9 Å². The minimum atomic E-state index is -5.06. The summed E-state index contributed by atoms with van der Waals surface area (Å²) >= 11 is 0. The minimum Gasteiger partial charge on any atom is -0.324 e.